The van der Waals surface area contributed by atoms with Crippen molar-refractivity contribution in [2.45, 2.75) is 116 Å². The number of methoxy groups -OCH3 is 1. The van der Waals surface area contributed by atoms with Crippen LogP contribution in [-0.2, 0) is 20.4 Å². The molecule has 1 aromatic heterocycles. The molecule has 0 aromatic carbocycles. The van der Waals surface area contributed by atoms with Gasteiger partial charge in [-0.15, -0.1) is 11.3 Å². The third kappa shape index (κ3) is 6.67. The third-order valence-corrected chi connectivity index (χ3v) is 14.5. The first-order chi connectivity index (χ1) is 16.9. The normalized spacial score (nSPS) is 19.8. The van der Waals surface area contributed by atoms with Crippen LogP contribution in [0.5, 0.6) is 0 Å². The molecular weight excluding hydrogens is 484 g/mol. The van der Waals surface area contributed by atoms with Gasteiger partial charge >= 0.3 is 5.97 Å². The van der Waals surface area contributed by atoms with Gasteiger partial charge < -0.3 is 9.16 Å². The number of esters is 1. The Bertz CT molecular complexity index is 985. The van der Waals surface area contributed by atoms with E-state index in [1.807, 2.05) is 12.1 Å². The third-order valence-electron chi connectivity index (χ3n) is 8.85. The molecule has 0 radical (unpaired) electrons. The molecule has 2 aliphatic carbocycles. The van der Waals surface area contributed by atoms with Crippen LogP contribution in [0.3, 0.4) is 0 Å². The van der Waals surface area contributed by atoms with E-state index in [4.69, 9.17) is 9.16 Å². The molecule has 0 bridgehead atoms. The van der Waals surface area contributed by atoms with Crippen LogP contribution in [0.25, 0.3) is 0 Å². The maximum atomic E-state index is 12.7. The van der Waals surface area contributed by atoms with Crippen LogP contribution in [-0.4, -0.2) is 33.3 Å². The Morgan fingerprint density at radius 3 is 2.53 bits per heavy atom. The number of allylic oxidation sites excluding steroid dienone is 4. The zero-order valence-corrected chi connectivity index (χ0v) is 25.3. The number of ketones is 1. The van der Waals surface area contributed by atoms with Gasteiger partial charge in [0, 0.05) is 16.9 Å². The first-order valence-electron chi connectivity index (χ1n) is 13.7. The summed E-state index contributed by atoms with van der Waals surface area (Å²) in [7, 11) is -0.458. The molecule has 0 spiro atoms. The Hall–Kier alpha value is -1.50. The molecule has 1 unspecified atom stereocenters. The quantitative estimate of drug-likeness (QED) is 0.155. The van der Waals surface area contributed by atoms with E-state index in [2.05, 4.69) is 52.9 Å². The smallest absolute Gasteiger partial charge is 0.348 e. The zero-order valence-electron chi connectivity index (χ0n) is 23.5. The highest BCUT2D eigenvalue weighted by Crippen LogP contribution is 2.51. The van der Waals surface area contributed by atoms with Crippen molar-refractivity contribution in [2.75, 3.05) is 7.11 Å². The number of carbonyl (C=O) groups is 2. The number of hydrogen-bond acceptors (Lipinski definition) is 5. The highest BCUT2D eigenvalue weighted by molar-refractivity contribution is 7.13. The van der Waals surface area contributed by atoms with Gasteiger partial charge in [0.2, 0.25) is 0 Å². The molecule has 3 rings (SSSR count). The number of ether oxygens (including phenoxy) is 1. The van der Waals surface area contributed by atoms with Crippen molar-refractivity contribution in [2.24, 2.45) is 5.41 Å². The molecule has 1 atom stereocenters. The van der Waals surface area contributed by atoms with E-state index < -0.39 is 8.32 Å². The molecule has 6 heteroatoms. The summed E-state index contributed by atoms with van der Waals surface area (Å²) in [4.78, 5) is 26.2. The van der Waals surface area contributed by atoms with E-state index >= 15 is 0 Å². The predicted molar refractivity (Wildman–Crippen MR) is 152 cm³/mol. The first kappa shape index (κ1) is 29.1. The fourth-order valence-corrected chi connectivity index (χ4v) is 7.61. The molecule has 0 saturated heterocycles. The summed E-state index contributed by atoms with van der Waals surface area (Å²) in [6.45, 7) is 14.0. The SMILES string of the molecule is CCC1(C(CCC=C2C(=O)CC=C2CCCc2ccc(C(=O)OC)s2)O[Si](C)(C)C(C)(C)C)CCC1. The molecular formula is C30H46O4SSi. The summed E-state index contributed by atoms with van der Waals surface area (Å²) in [6, 6.07) is 3.84. The number of rotatable bonds is 12. The number of aryl methyl sites for hydroxylation is 1. The molecule has 0 amide bonds. The second-order valence-electron chi connectivity index (χ2n) is 12.1. The van der Waals surface area contributed by atoms with Gasteiger partial charge in [-0.3, -0.25) is 4.79 Å². The molecule has 0 N–H and O–H groups in total. The largest absolute Gasteiger partial charge is 0.465 e. The van der Waals surface area contributed by atoms with Crippen LogP contribution in [0.2, 0.25) is 18.1 Å². The van der Waals surface area contributed by atoms with Crippen molar-refractivity contribution in [3.8, 4) is 0 Å². The van der Waals surface area contributed by atoms with Crippen molar-refractivity contribution in [1.29, 1.82) is 0 Å². The average Bonchev–Trinajstić information content (AvgIpc) is 3.39. The maximum absolute atomic E-state index is 12.7. The topological polar surface area (TPSA) is 52.6 Å². The van der Waals surface area contributed by atoms with E-state index in [9.17, 15) is 9.59 Å². The van der Waals surface area contributed by atoms with Gasteiger partial charge in [0.05, 0.1) is 13.2 Å². The highest BCUT2D eigenvalue weighted by atomic mass is 32.1. The summed E-state index contributed by atoms with van der Waals surface area (Å²) >= 11 is 1.50. The van der Waals surface area contributed by atoms with Crippen LogP contribution in [0.1, 0.15) is 100 Å². The van der Waals surface area contributed by atoms with Crippen LogP contribution < -0.4 is 0 Å². The Morgan fingerprint density at radius 1 is 1.22 bits per heavy atom. The van der Waals surface area contributed by atoms with Crippen molar-refractivity contribution < 1.29 is 18.8 Å². The fraction of sp³-hybridized carbons (Fsp3) is 0.667. The van der Waals surface area contributed by atoms with E-state index in [0.29, 0.717) is 16.7 Å². The first-order valence-corrected chi connectivity index (χ1v) is 17.4. The van der Waals surface area contributed by atoms with Crippen LogP contribution in [0, 0.1) is 5.41 Å². The van der Waals surface area contributed by atoms with Crippen LogP contribution in [0.4, 0.5) is 0 Å². The summed E-state index contributed by atoms with van der Waals surface area (Å²) in [5.41, 5.74) is 2.44. The summed E-state index contributed by atoms with van der Waals surface area (Å²) in [5.74, 6) is -0.0204. The minimum Gasteiger partial charge on any atom is -0.465 e. The molecule has 1 saturated carbocycles. The second kappa shape index (κ2) is 11.9. The monoisotopic (exact) mass is 530 g/mol. The van der Waals surface area contributed by atoms with Crippen LogP contribution in [0.15, 0.2) is 35.4 Å². The second-order valence-corrected chi connectivity index (χ2v) is 18.0. The van der Waals surface area contributed by atoms with Gasteiger partial charge in [-0.2, -0.15) is 0 Å². The average molecular weight is 531 g/mol. The van der Waals surface area contributed by atoms with E-state index in [1.165, 1.54) is 54.6 Å². The number of hydrogen-bond donors (Lipinski definition) is 0. The molecule has 200 valence electrons. The lowest BCUT2D eigenvalue weighted by Crippen LogP contribution is -2.51. The Kier molecular flexibility index (Phi) is 9.61. The summed E-state index contributed by atoms with van der Waals surface area (Å²) < 4.78 is 11.8. The van der Waals surface area contributed by atoms with Crippen molar-refractivity contribution in [3.05, 3.63) is 45.2 Å². The molecule has 1 heterocycles. The minimum absolute atomic E-state index is 0.194. The van der Waals surface area contributed by atoms with E-state index in [-0.39, 0.29) is 22.9 Å². The van der Waals surface area contributed by atoms with Crippen LogP contribution >= 0.6 is 11.3 Å². The van der Waals surface area contributed by atoms with Gasteiger partial charge in [0.1, 0.15) is 4.88 Å². The molecule has 36 heavy (non-hydrogen) atoms. The zero-order chi connectivity index (χ0) is 26.6. The molecule has 4 nitrogen and oxygen atoms in total. The van der Waals surface area contributed by atoms with E-state index in [1.54, 1.807) is 0 Å². The summed E-state index contributed by atoms with van der Waals surface area (Å²) in [5, 5.41) is 0.194. The Labute approximate surface area is 223 Å². The summed E-state index contributed by atoms with van der Waals surface area (Å²) in [6.07, 6.45) is 14.8. The molecule has 0 aliphatic heterocycles. The number of Topliss-reactive ketones (excluding diaryl/α,β-unsaturated/α-hetero) is 1. The Morgan fingerprint density at radius 2 is 1.94 bits per heavy atom. The maximum Gasteiger partial charge on any atom is 0.348 e. The fourth-order valence-electron chi connectivity index (χ4n) is 5.21. The lowest BCUT2D eigenvalue weighted by Gasteiger charge is -2.51. The lowest BCUT2D eigenvalue weighted by atomic mass is 9.62. The van der Waals surface area contributed by atoms with Crippen molar-refractivity contribution in [3.63, 3.8) is 0 Å². The van der Waals surface area contributed by atoms with Crippen molar-refractivity contribution in [1.82, 2.24) is 0 Å². The number of thiophene rings is 1. The molecule has 1 fully saturated rings. The van der Waals surface area contributed by atoms with E-state index in [0.717, 1.165) is 37.7 Å². The predicted octanol–water partition coefficient (Wildman–Crippen LogP) is 8.43. The van der Waals surface area contributed by atoms with Gasteiger partial charge in [0.15, 0.2) is 14.1 Å². The standard InChI is InChI=1S/C30H46O4SSi/c1-8-30(20-11-21-30)27(34-36(6,7)29(2,3)4)15-10-14-24-22(16-18-25(24)31)12-9-13-23-17-19-26(35-23)28(32)33-5/h14,16-17,19,27H,8-13,15,18,20-21H2,1-7H3. The van der Waals surface area contributed by atoms with Gasteiger partial charge in [0.25, 0.3) is 0 Å². The lowest BCUT2D eigenvalue weighted by molar-refractivity contribution is -0.114. The van der Waals surface area contributed by atoms with Crippen molar-refractivity contribution >= 4 is 31.4 Å². The Balaban J connectivity index is 1.61. The number of carbonyl (C=O) groups excluding carboxylic acids is 2. The highest BCUT2D eigenvalue weighted by Gasteiger charge is 2.47. The molecule has 1 aromatic rings. The molecule has 2 aliphatic rings. The van der Waals surface area contributed by atoms with Gasteiger partial charge in [-0.25, -0.2) is 4.79 Å². The minimum atomic E-state index is -1.87. The van der Waals surface area contributed by atoms with Gasteiger partial charge in [-0.05, 0) is 92.6 Å². The van der Waals surface area contributed by atoms with Gasteiger partial charge in [-0.1, -0.05) is 46.3 Å².